The van der Waals surface area contributed by atoms with Crippen LogP contribution >= 0.6 is 15.9 Å². The van der Waals surface area contributed by atoms with E-state index in [1.807, 2.05) is 24.3 Å². The number of imidazole rings is 1. The second-order valence-electron chi connectivity index (χ2n) is 15.7. The van der Waals surface area contributed by atoms with Gasteiger partial charge in [-0.3, -0.25) is 4.79 Å². The third-order valence-electron chi connectivity index (χ3n) is 12.9. The molecular weight excluding hydrogens is 660 g/mol. The normalized spacial score (nSPS) is 34.0. The van der Waals surface area contributed by atoms with Gasteiger partial charge in [0.25, 0.3) is 0 Å². The summed E-state index contributed by atoms with van der Waals surface area (Å²) in [4.78, 5) is 12.9. The molecule has 4 aliphatic carbocycles. The van der Waals surface area contributed by atoms with Crippen molar-refractivity contribution in [2.75, 3.05) is 0 Å². The molecule has 4 aliphatic rings. The summed E-state index contributed by atoms with van der Waals surface area (Å²) in [7, 11) is 0. The molecule has 1 aromatic heterocycles. The number of hydrogen-bond acceptors (Lipinski definition) is 1. The number of ketones is 1. The van der Waals surface area contributed by atoms with Gasteiger partial charge in [0, 0.05) is 16.5 Å². The number of halogens is 2. The Balaban J connectivity index is 0.00000368. The maximum absolute atomic E-state index is 12.9. The molecule has 2 aromatic rings. The number of Topliss-reactive ketones (excluding diaryl/α,β-unsaturated/α-hetero) is 1. The second kappa shape index (κ2) is 13.3. The monoisotopic (exact) mass is 712 g/mol. The number of fused-ring (bicyclic) bond motifs is 5. The molecule has 3 nitrogen and oxygen atoms in total. The lowest BCUT2D eigenvalue weighted by Crippen LogP contribution is -3.00. The Morgan fingerprint density at radius 3 is 2.65 bits per heavy atom. The van der Waals surface area contributed by atoms with Gasteiger partial charge >= 0.3 is 0 Å². The topological polar surface area (TPSA) is 25.9 Å². The van der Waals surface area contributed by atoms with Crippen LogP contribution < -0.4 is 21.5 Å². The Labute approximate surface area is 280 Å². The number of carbonyl (C=O) groups excluding carboxylic acids is 1. The Kier molecular flexibility index (Phi) is 10.2. The highest BCUT2D eigenvalue weighted by molar-refractivity contribution is 9.10. The van der Waals surface area contributed by atoms with E-state index >= 15 is 0 Å². The van der Waals surface area contributed by atoms with Crippen LogP contribution in [0.2, 0.25) is 0 Å². The molecular formula is C38H54Br2N2O. The van der Waals surface area contributed by atoms with Gasteiger partial charge in [-0.15, -0.1) is 0 Å². The van der Waals surface area contributed by atoms with Crippen molar-refractivity contribution in [3.63, 3.8) is 0 Å². The zero-order chi connectivity index (χ0) is 29.6. The predicted molar refractivity (Wildman–Crippen MR) is 175 cm³/mol. The molecule has 1 heterocycles. The average molecular weight is 715 g/mol. The van der Waals surface area contributed by atoms with Crippen LogP contribution in [0.3, 0.4) is 0 Å². The molecule has 0 spiro atoms. The minimum atomic E-state index is 0. The quantitative estimate of drug-likeness (QED) is 0.156. The molecule has 6 rings (SSSR count). The van der Waals surface area contributed by atoms with E-state index < -0.39 is 0 Å². The van der Waals surface area contributed by atoms with Crippen molar-refractivity contribution in [1.29, 1.82) is 0 Å². The summed E-state index contributed by atoms with van der Waals surface area (Å²) in [5.41, 5.74) is 3.44. The fraction of sp³-hybridized carbons (Fsp3) is 0.684. The number of hydrogen-bond donors (Lipinski definition) is 0. The third-order valence-corrected chi connectivity index (χ3v) is 13.4. The summed E-state index contributed by atoms with van der Waals surface area (Å²) in [5, 5.41) is 0. The number of carbonyl (C=O) groups is 1. The average Bonchev–Trinajstić information content (AvgIpc) is 3.56. The highest BCUT2D eigenvalue weighted by Crippen LogP contribution is 2.67. The van der Waals surface area contributed by atoms with E-state index in [9.17, 15) is 4.79 Å². The van der Waals surface area contributed by atoms with Crippen molar-refractivity contribution in [2.45, 2.75) is 118 Å². The van der Waals surface area contributed by atoms with Gasteiger partial charge in [0.1, 0.15) is 18.4 Å². The molecule has 0 N–H and O–H groups in total. The minimum Gasteiger partial charge on any atom is -1.00 e. The molecule has 236 valence electrons. The number of nitrogens with zero attached hydrogens (tertiary/aromatic N) is 2. The fourth-order valence-electron chi connectivity index (χ4n) is 10.6. The standard InChI is InChI=1S/C38H54BrN2O.BrH/c1-26(2)8-6-9-27(3)33-14-15-34-32-13-12-29-23-31(16-18-37(29,4)35(32)17-19-38(33,34)5)41-21-20-40(25-41)24-36(42)28-10-7-11-30(39)22-28;/h7,10-12,20-22,25-27,31-35H,6,8-9,13-19,23-24H2,1-5H3;1H/q+1;/p-1/t27-,31-,32+,33-,34+,35+,37+,38-;/m1./s1. The van der Waals surface area contributed by atoms with Crippen molar-refractivity contribution in [1.82, 2.24) is 4.57 Å². The number of aromatic nitrogens is 2. The van der Waals surface area contributed by atoms with Crippen LogP contribution in [0.5, 0.6) is 0 Å². The van der Waals surface area contributed by atoms with Crippen molar-refractivity contribution in [3.8, 4) is 0 Å². The van der Waals surface area contributed by atoms with Crippen LogP contribution in [-0.4, -0.2) is 10.4 Å². The van der Waals surface area contributed by atoms with Gasteiger partial charge in [0.15, 0.2) is 6.54 Å². The maximum atomic E-state index is 12.9. The van der Waals surface area contributed by atoms with Crippen LogP contribution in [-0.2, 0) is 6.54 Å². The zero-order valence-electron chi connectivity index (χ0n) is 27.2. The van der Waals surface area contributed by atoms with E-state index in [-0.39, 0.29) is 22.8 Å². The number of rotatable bonds is 9. The fourth-order valence-corrected chi connectivity index (χ4v) is 11.0. The van der Waals surface area contributed by atoms with E-state index in [0.717, 1.165) is 45.5 Å². The molecule has 0 amide bonds. The molecule has 43 heavy (non-hydrogen) atoms. The Morgan fingerprint density at radius 2 is 1.88 bits per heavy atom. The van der Waals surface area contributed by atoms with Gasteiger partial charge < -0.3 is 17.0 Å². The number of allylic oxidation sites excluding steroid dienone is 2. The highest BCUT2D eigenvalue weighted by atomic mass is 79.9. The van der Waals surface area contributed by atoms with Gasteiger partial charge in [0.05, 0.1) is 0 Å². The first-order valence-electron chi connectivity index (χ1n) is 17.1. The Bertz CT molecular complexity index is 1310. The SMILES string of the molecule is CC(C)CCC[C@@H](C)[C@H]1CC[C@H]2[C@@H]3CC=C4C[C@H](n5cc[n+](CC(=O)c6cccc(Br)c6)c5)CC[C@]4(C)[C@H]3CC[C@]12C.[Br-]. The summed E-state index contributed by atoms with van der Waals surface area (Å²) in [5.74, 6) is 5.48. The molecule has 5 heteroatoms. The summed E-state index contributed by atoms with van der Waals surface area (Å²) in [6, 6.07) is 8.22. The van der Waals surface area contributed by atoms with Crippen LogP contribution in [0.4, 0.5) is 0 Å². The van der Waals surface area contributed by atoms with Crippen LogP contribution in [0.1, 0.15) is 122 Å². The molecule has 0 saturated heterocycles. The van der Waals surface area contributed by atoms with E-state index in [1.54, 1.807) is 5.57 Å². The van der Waals surface area contributed by atoms with Crippen LogP contribution in [0.15, 0.2) is 59.1 Å². The van der Waals surface area contributed by atoms with Gasteiger partial charge in [0.2, 0.25) is 12.1 Å². The van der Waals surface area contributed by atoms with E-state index in [2.05, 4.69) is 84.5 Å². The van der Waals surface area contributed by atoms with Crippen molar-refractivity contribution < 1.29 is 26.3 Å². The Morgan fingerprint density at radius 1 is 1.07 bits per heavy atom. The molecule has 1 aromatic carbocycles. The van der Waals surface area contributed by atoms with Crippen molar-refractivity contribution in [2.24, 2.45) is 46.3 Å². The lowest BCUT2D eigenvalue weighted by molar-refractivity contribution is -0.682. The molecule has 3 fully saturated rings. The van der Waals surface area contributed by atoms with Gasteiger partial charge in [-0.1, -0.05) is 93.6 Å². The molecule has 8 atom stereocenters. The predicted octanol–water partition coefficient (Wildman–Crippen LogP) is 7.01. The first-order valence-corrected chi connectivity index (χ1v) is 17.9. The molecule has 0 aliphatic heterocycles. The van der Waals surface area contributed by atoms with Crippen LogP contribution in [0, 0.1) is 46.3 Å². The smallest absolute Gasteiger partial charge is 0.244 e. The lowest BCUT2D eigenvalue weighted by Gasteiger charge is -2.58. The van der Waals surface area contributed by atoms with Crippen molar-refractivity contribution >= 4 is 21.7 Å². The molecule has 0 unspecified atom stereocenters. The molecule has 0 bridgehead atoms. The lowest BCUT2D eigenvalue weighted by atomic mass is 9.47. The summed E-state index contributed by atoms with van der Waals surface area (Å²) >= 11 is 3.49. The maximum Gasteiger partial charge on any atom is 0.244 e. The van der Waals surface area contributed by atoms with Gasteiger partial charge in [-0.2, -0.15) is 0 Å². The van der Waals surface area contributed by atoms with Gasteiger partial charge in [-0.05, 0) is 103 Å². The first-order chi connectivity index (χ1) is 20.1. The van der Waals surface area contributed by atoms with Crippen molar-refractivity contribution in [3.05, 3.63) is 64.7 Å². The molecule has 0 radical (unpaired) electrons. The third kappa shape index (κ3) is 6.42. The summed E-state index contributed by atoms with van der Waals surface area (Å²) in [6.07, 6.45) is 24.3. The summed E-state index contributed by atoms with van der Waals surface area (Å²) < 4.78 is 5.40. The summed E-state index contributed by atoms with van der Waals surface area (Å²) in [6.45, 7) is 13.1. The van der Waals surface area contributed by atoms with Crippen LogP contribution in [0.25, 0.3) is 0 Å². The van der Waals surface area contributed by atoms with E-state index in [1.165, 1.54) is 70.6 Å². The molecule has 3 saturated carbocycles. The largest absolute Gasteiger partial charge is 1.00 e. The van der Waals surface area contributed by atoms with Gasteiger partial charge in [-0.25, -0.2) is 9.13 Å². The first kappa shape index (κ1) is 33.2. The highest BCUT2D eigenvalue weighted by Gasteiger charge is 2.59. The van der Waals surface area contributed by atoms with E-state index in [0.29, 0.717) is 23.4 Å². The zero-order valence-corrected chi connectivity index (χ0v) is 30.4. The number of benzene rings is 1. The Hall–Kier alpha value is -1.20. The van der Waals surface area contributed by atoms with E-state index in [4.69, 9.17) is 0 Å². The second-order valence-corrected chi connectivity index (χ2v) is 16.6. The minimum absolute atomic E-state index is 0.